The molecular formula is C24H32Cl2N2O3S. The van der Waals surface area contributed by atoms with E-state index in [0.29, 0.717) is 13.0 Å². The molecule has 0 aromatic heterocycles. The van der Waals surface area contributed by atoms with E-state index in [4.69, 9.17) is 16.3 Å². The highest BCUT2D eigenvalue weighted by atomic mass is 35.5. The molecule has 4 rings (SSSR count). The topological polar surface area (TPSA) is 58.6 Å². The van der Waals surface area contributed by atoms with Crippen LogP contribution in [0.15, 0.2) is 42.5 Å². The van der Waals surface area contributed by atoms with Gasteiger partial charge in [0.05, 0.1) is 12.4 Å². The van der Waals surface area contributed by atoms with E-state index >= 15 is 0 Å². The third kappa shape index (κ3) is 5.10. The molecule has 0 saturated heterocycles. The molecule has 32 heavy (non-hydrogen) atoms. The fraction of sp³-hybridized carbons (Fsp3) is 0.500. The highest BCUT2D eigenvalue weighted by Crippen LogP contribution is 2.53. The van der Waals surface area contributed by atoms with Crippen LogP contribution in [0.5, 0.6) is 5.75 Å². The molecule has 0 amide bonds. The molecule has 1 saturated carbocycles. The fourth-order valence-electron chi connectivity index (χ4n) is 4.81. The molecule has 2 aliphatic rings. The lowest BCUT2D eigenvalue weighted by Gasteiger charge is -2.50. The minimum Gasteiger partial charge on any atom is -0.494 e. The lowest BCUT2D eigenvalue weighted by atomic mass is 9.58. The van der Waals surface area contributed by atoms with E-state index in [1.54, 1.807) is 14.1 Å². The second kappa shape index (κ2) is 10.3. The summed E-state index contributed by atoms with van der Waals surface area (Å²) in [6.45, 7) is 1.35. The lowest BCUT2D eigenvalue weighted by molar-refractivity contribution is 0.164. The Morgan fingerprint density at radius 3 is 2.50 bits per heavy atom. The summed E-state index contributed by atoms with van der Waals surface area (Å²) in [5.74, 6) is 0.898. The molecule has 1 aliphatic heterocycles. The molecule has 8 heteroatoms. The predicted molar refractivity (Wildman–Crippen MR) is 133 cm³/mol. The average molecular weight is 500 g/mol. The molecule has 176 valence electrons. The maximum absolute atomic E-state index is 11.9. The minimum atomic E-state index is -3.19. The van der Waals surface area contributed by atoms with Crippen LogP contribution in [-0.4, -0.2) is 45.7 Å². The van der Waals surface area contributed by atoms with E-state index in [2.05, 4.69) is 29.6 Å². The number of ether oxygens (including phenoxy) is 1. The summed E-state index contributed by atoms with van der Waals surface area (Å²) in [6, 6.07) is 14.9. The fourth-order valence-corrected chi connectivity index (χ4v) is 5.78. The molecule has 0 spiro atoms. The van der Waals surface area contributed by atoms with Gasteiger partial charge in [-0.3, -0.25) is 0 Å². The first-order valence-electron chi connectivity index (χ1n) is 11.0. The van der Waals surface area contributed by atoms with Crippen molar-refractivity contribution in [2.24, 2.45) is 0 Å². The van der Waals surface area contributed by atoms with Crippen molar-refractivity contribution < 1.29 is 13.2 Å². The van der Waals surface area contributed by atoms with Gasteiger partial charge in [0, 0.05) is 30.6 Å². The van der Waals surface area contributed by atoms with Gasteiger partial charge in [-0.25, -0.2) is 12.7 Å². The zero-order valence-corrected chi connectivity index (χ0v) is 21.0. The number of hydrogen-bond acceptors (Lipinski definition) is 4. The van der Waals surface area contributed by atoms with Crippen molar-refractivity contribution in [1.29, 1.82) is 0 Å². The van der Waals surface area contributed by atoms with Crippen LogP contribution in [0.4, 0.5) is 0 Å². The number of nitrogens with one attached hydrogen (secondary N) is 1. The SMILES string of the molecule is CN(C)S(=O)(=O)CCCOc1ccc2c(c1)C(C1(c3ccc(Cl)cc3)CCC1)NCC2.Cl. The van der Waals surface area contributed by atoms with Crippen LogP contribution < -0.4 is 10.1 Å². The summed E-state index contributed by atoms with van der Waals surface area (Å²) < 4.78 is 31.1. The normalized spacial score (nSPS) is 19.6. The lowest BCUT2D eigenvalue weighted by Crippen LogP contribution is -2.49. The third-order valence-electron chi connectivity index (χ3n) is 6.76. The monoisotopic (exact) mass is 498 g/mol. The van der Waals surface area contributed by atoms with Crippen molar-refractivity contribution in [3.05, 3.63) is 64.2 Å². The number of sulfonamides is 1. The molecule has 1 N–H and O–H groups in total. The zero-order valence-electron chi connectivity index (χ0n) is 18.6. The molecule has 1 heterocycles. The van der Waals surface area contributed by atoms with Crippen molar-refractivity contribution in [2.45, 2.75) is 43.6 Å². The standard InChI is InChI=1S/C24H31ClN2O3S.ClH/c1-27(2)31(28,29)16-4-15-30-21-10-5-18-11-14-26-23(22(18)17-21)24(12-3-13-24)19-6-8-20(25)9-7-19;/h5-10,17,23,26H,3-4,11-16H2,1-2H3;1H. The molecule has 0 radical (unpaired) electrons. The van der Waals surface area contributed by atoms with Gasteiger partial charge < -0.3 is 10.1 Å². The van der Waals surface area contributed by atoms with Crippen molar-refractivity contribution in [2.75, 3.05) is 33.0 Å². The second-order valence-corrected chi connectivity index (χ2v) is 11.6. The Kier molecular flexibility index (Phi) is 8.16. The smallest absolute Gasteiger partial charge is 0.213 e. The first-order chi connectivity index (χ1) is 14.8. The van der Waals surface area contributed by atoms with Gasteiger partial charge in [0.15, 0.2) is 0 Å². The van der Waals surface area contributed by atoms with E-state index in [1.807, 2.05) is 18.2 Å². The summed E-state index contributed by atoms with van der Waals surface area (Å²) in [4.78, 5) is 0. The summed E-state index contributed by atoms with van der Waals surface area (Å²) in [5.41, 5.74) is 4.09. The van der Waals surface area contributed by atoms with E-state index in [-0.39, 0.29) is 29.6 Å². The van der Waals surface area contributed by atoms with Gasteiger partial charge in [-0.1, -0.05) is 36.2 Å². The van der Waals surface area contributed by atoms with Crippen LogP contribution in [0.1, 0.15) is 48.4 Å². The Hall–Kier alpha value is -1.31. The molecule has 1 atom stereocenters. The number of hydrogen-bond donors (Lipinski definition) is 1. The molecule has 1 aliphatic carbocycles. The number of fused-ring (bicyclic) bond motifs is 1. The highest BCUT2D eigenvalue weighted by Gasteiger charge is 2.47. The zero-order chi connectivity index (χ0) is 22.1. The third-order valence-corrected chi connectivity index (χ3v) is 8.93. The summed E-state index contributed by atoms with van der Waals surface area (Å²) >= 11 is 6.14. The largest absolute Gasteiger partial charge is 0.494 e. The van der Waals surface area contributed by atoms with Gasteiger partial charge in [0.2, 0.25) is 10.0 Å². The van der Waals surface area contributed by atoms with Crippen LogP contribution in [0, 0.1) is 0 Å². The van der Waals surface area contributed by atoms with Gasteiger partial charge in [0.25, 0.3) is 0 Å². The predicted octanol–water partition coefficient (Wildman–Crippen LogP) is 4.73. The van der Waals surface area contributed by atoms with Gasteiger partial charge in [-0.05, 0) is 73.2 Å². The van der Waals surface area contributed by atoms with E-state index < -0.39 is 10.0 Å². The van der Waals surface area contributed by atoms with Crippen molar-refractivity contribution in [3.63, 3.8) is 0 Å². The molecule has 5 nitrogen and oxygen atoms in total. The average Bonchev–Trinajstić information content (AvgIpc) is 2.72. The molecule has 0 bridgehead atoms. The Balaban J connectivity index is 0.00000289. The van der Waals surface area contributed by atoms with Gasteiger partial charge in [-0.2, -0.15) is 0 Å². The van der Waals surface area contributed by atoms with Crippen LogP contribution in [-0.2, 0) is 21.9 Å². The van der Waals surface area contributed by atoms with Gasteiger partial charge >= 0.3 is 0 Å². The number of benzene rings is 2. The van der Waals surface area contributed by atoms with E-state index in [0.717, 1.165) is 36.6 Å². The van der Waals surface area contributed by atoms with Crippen molar-refractivity contribution in [3.8, 4) is 5.75 Å². The second-order valence-electron chi connectivity index (χ2n) is 8.81. The summed E-state index contributed by atoms with van der Waals surface area (Å²) in [6.07, 6.45) is 5.00. The van der Waals surface area contributed by atoms with Gasteiger partial charge in [-0.15, -0.1) is 12.4 Å². The Morgan fingerprint density at radius 2 is 1.88 bits per heavy atom. The maximum Gasteiger partial charge on any atom is 0.213 e. The molecule has 2 aromatic carbocycles. The minimum absolute atomic E-state index is 0. The van der Waals surface area contributed by atoms with E-state index in [1.165, 1.54) is 27.4 Å². The first kappa shape index (κ1) is 25.3. The molecule has 2 aromatic rings. The van der Waals surface area contributed by atoms with Crippen LogP contribution in [0.3, 0.4) is 0 Å². The Labute approximate surface area is 202 Å². The quantitative estimate of drug-likeness (QED) is 0.534. The first-order valence-corrected chi connectivity index (χ1v) is 13.0. The van der Waals surface area contributed by atoms with E-state index in [9.17, 15) is 8.42 Å². The highest BCUT2D eigenvalue weighted by molar-refractivity contribution is 7.89. The van der Waals surface area contributed by atoms with Crippen molar-refractivity contribution in [1.82, 2.24) is 9.62 Å². The van der Waals surface area contributed by atoms with Crippen molar-refractivity contribution >= 4 is 34.0 Å². The van der Waals surface area contributed by atoms with Crippen LogP contribution >= 0.6 is 24.0 Å². The van der Waals surface area contributed by atoms with Crippen LogP contribution in [0.2, 0.25) is 5.02 Å². The summed E-state index contributed by atoms with van der Waals surface area (Å²) in [7, 11) is -0.0721. The Morgan fingerprint density at radius 1 is 1.16 bits per heavy atom. The van der Waals surface area contributed by atoms with Crippen LogP contribution in [0.25, 0.3) is 0 Å². The summed E-state index contributed by atoms with van der Waals surface area (Å²) in [5, 5.41) is 4.55. The number of rotatable bonds is 8. The molecular weight excluding hydrogens is 467 g/mol. The Bertz CT molecular complexity index is 1020. The number of nitrogens with zero attached hydrogens (tertiary/aromatic N) is 1. The maximum atomic E-state index is 11.9. The molecule has 1 fully saturated rings. The van der Waals surface area contributed by atoms with Gasteiger partial charge in [0.1, 0.15) is 5.75 Å². The number of halogens is 2. The molecule has 1 unspecified atom stereocenters.